The van der Waals surface area contributed by atoms with E-state index in [1.807, 2.05) is 54.2 Å². The number of nitrogens with zero attached hydrogens (tertiary/aromatic N) is 4. The summed E-state index contributed by atoms with van der Waals surface area (Å²) in [6, 6.07) is 7.67. The van der Waals surface area contributed by atoms with E-state index in [0.717, 1.165) is 28.5 Å². The molecule has 0 spiro atoms. The zero-order valence-electron chi connectivity index (χ0n) is 16.3. The number of nitrogens with one attached hydrogen (secondary N) is 2. The standard InChI is InChI=1S/C20H22N6O3/c1-9-14(20(29)24-23-9)15-16(27)10(17(15)28)8-13-25(2)18-19(26(13)3)22-12-7-5-4-6-11(12)21-18/h4-8,10,15-17,27-28H,1-3H3,(H2,23,24,29). The van der Waals surface area contributed by atoms with Gasteiger partial charge in [-0.3, -0.25) is 9.89 Å². The van der Waals surface area contributed by atoms with Crippen LogP contribution >= 0.6 is 0 Å². The van der Waals surface area contributed by atoms with Gasteiger partial charge in [0.15, 0.2) is 11.6 Å². The number of para-hydroxylation sites is 2. The highest BCUT2D eigenvalue weighted by molar-refractivity contribution is 5.85. The molecule has 1 saturated carbocycles. The van der Waals surface area contributed by atoms with Gasteiger partial charge < -0.3 is 25.1 Å². The lowest BCUT2D eigenvalue weighted by molar-refractivity contribution is -0.0951. The van der Waals surface area contributed by atoms with Crippen LogP contribution in [0.25, 0.3) is 11.0 Å². The van der Waals surface area contributed by atoms with Crippen molar-refractivity contribution in [2.75, 3.05) is 23.9 Å². The van der Waals surface area contributed by atoms with Crippen LogP contribution in [-0.2, 0) is 0 Å². The average molecular weight is 394 g/mol. The number of benzene rings is 1. The van der Waals surface area contributed by atoms with Crippen LogP contribution in [0.1, 0.15) is 17.2 Å². The number of anilines is 2. The molecule has 1 aromatic carbocycles. The molecule has 2 unspecified atom stereocenters. The van der Waals surface area contributed by atoms with Crippen molar-refractivity contribution in [3.8, 4) is 0 Å². The molecule has 0 amide bonds. The highest BCUT2D eigenvalue weighted by atomic mass is 16.3. The monoisotopic (exact) mass is 394 g/mol. The molecule has 0 saturated heterocycles. The molecule has 2 aliphatic rings. The maximum absolute atomic E-state index is 12.0. The summed E-state index contributed by atoms with van der Waals surface area (Å²) in [5.41, 5.74) is 2.34. The Morgan fingerprint density at radius 3 is 2.03 bits per heavy atom. The Morgan fingerprint density at radius 1 is 1.00 bits per heavy atom. The van der Waals surface area contributed by atoms with Crippen LogP contribution < -0.4 is 15.4 Å². The van der Waals surface area contributed by atoms with Gasteiger partial charge in [0, 0.05) is 37.2 Å². The SMILES string of the molecule is Cc1[nH][nH]c(=O)c1C1C(O)C(C=C2N(C)c3nc4ccccc4nc3N2C)C1O. The van der Waals surface area contributed by atoms with Crippen LogP contribution in [0, 0.1) is 12.8 Å². The van der Waals surface area contributed by atoms with Crippen LogP contribution in [0.3, 0.4) is 0 Å². The first-order chi connectivity index (χ1) is 13.9. The summed E-state index contributed by atoms with van der Waals surface area (Å²) in [5.74, 6) is 1.09. The number of aromatic nitrogens is 4. The van der Waals surface area contributed by atoms with E-state index in [4.69, 9.17) is 9.97 Å². The van der Waals surface area contributed by atoms with Crippen molar-refractivity contribution in [2.45, 2.75) is 25.0 Å². The third-order valence-corrected chi connectivity index (χ3v) is 6.07. The summed E-state index contributed by atoms with van der Waals surface area (Å²) in [7, 11) is 3.76. The Morgan fingerprint density at radius 2 is 1.55 bits per heavy atom. The first kappa shape index (κ1) is 17.9. The fraction of sp³-hybridized carbons (Fsp3) is 0.350. The van der Waals surface area contributed by atoms with Crippen LogP contribution in [0.2, 0.25) is 0 Å². The van der Waals surface area contributed by atoms with Gasteiger partial charge >= 0.3 is 0 Å². The third kappa shape index (κ3) is 2.44. The van der Waals surface area contributed by atoms with Gasteiger partial charge in [0.25, 0.3) is 5.56 Å². The van der Waals surface area contributed by atoms with Gasteiger partial charge in [-0.1, -0.05) is 12.1 Å². The number of hydrogen-bond acceptors (Lipinski definition) is 7. The number of aliphatic hydroxyl groups is 2. The maximum Gasteiger partial charge on any atom is 0.267 e. The molecule has 3 aromatic rings. The van der Waals surface area contributed by atoms with Gasteiger partial charge in [-0.2, -0.15) is 0 Å². The summed E-state index contributed by atoms with van der Waals surface area (Å²) in [6.45, 7) is 1.75. The molecule has 2 atom stereocenters. The minimum absolute atomic E-state index is 0.306. The van der Waals surface area contributed by atoms with Gasteiger partial charge in [-0.25, -0.2) is 9.97 Å². The topological polar surface area (TPSA) is 121 Å². The van der Waals surface area contributed by atoms with Crippen LogP contribution in [-0.4, -0.2) is 56.7 Å². The summed E-state index contributed by atoms with van der Waals surface area (Å²) < 4.78 is 0. The van der Waals surface area contributed by atoms with Gasteiger partial charge in [0.1, 0.15) is 5.82 Å². The Bertz CT molecular complexity index is 1140. The van der Waals surface area contributed by atoms with E-state index in [9.17, 15) is 15.0 Å². The largest absolute Gasteiger partial charge is 0.392 e. The summed E-state index contributed by atoms with van der Waals surface area (Å²) in [6.07, 6.45) is 0.105. The van der Waals surface area contributed by atoms with Crippen molar-refractivity contribution in [1.29, 1.82) is 0 Å². The Hall–Kier alpha value is -3.17. The molecular formula is C20H22N6O3. The quantitative estimate of drug-likeness (QED) is 0.508. The fourth-order valence-corrected chi connectivity index (χ4v) is 4.40. The minimum atomic E-state index is -0.862. The maximum atomic E-state index is 12.0. The molecule has 1 fully saturated rings. The summed E-state index contributed by atoms with van der Waals surface area (Å²) in [4.78, 5) is 25.2. The van der Waals surface area contributed by atoms with Gasteiger partial charge in [0.05, 0.1) is 23.2 Å². The molecule has 1 aliphatic carbocycles. The lowest BCUT2D eigenvalue weighted by atomic mass is 9.65. The Balaban J connectivity index is 1.48. The second kappa shape index (κ2) is 6.16. The predicted octanol–water partition coefficient (Wildman–Crippen LogP) is 0.817. The number of aryl methyl sites for hydroxylation is 1. The number of aliphatic hydroxyl groups excluding tert-OH is 2. The van der Waals surface area contributed by atoms with Crippen molar-refractivity contribution < 1.29 is 10.2 Å². The Kier molecular flexibility index (Phi) is 3.80. The van der Waals surface area contributed by atoms with E-state index in [2.05, 4.69) is 10.2 Å². The lowest BCUT2D eigenvalue weighted by Gasteiger charge is -2.45. The molecule has 0 bridgehead atoms. The molecule has 3 heterocycles. The normalized spacial score (nSPS) is 26.0. The lowest BCUT2D eigenvalue weighted by Crippen LogP contribution is -2.54. The molecule has 2 aromatic heterocycles. The van der Waals surface area contributed by atoms with E-state index in [-0.39, 0.29) is 5.56 Å². The van der Waals surface area contributed by atoms with Crippen molar-refractivity contribution in [1.82, 2.24) is 20.2 Å². The second-order valence-corrected chi connectivity index (χ2v) is 7.70. The van der Waals surface area contributed by atoms with E-state index in [1.165, 1.54) is 0 Å². The molecular weight excluding hydrogens is 372 g/mol. The molecule has 150 valence electrons. The zero-order chi connectivity index (χ0) is 20.4. The van der Waals surface area contributed by atoms with E-state index >= 15 is 0 Å². The van der Waals surface area contributed by atoms with E-state index < -0.39 is 24.0 Å². The highest BCUT2D eigenvalue weighted by Crippen LogP contribution is 2.45. The third-order valence-electron chi connectivity index (χ3n) is 6.07. The van der Waals surface area contributed by atoms with Gasteiger partial charge in [-0.05, 0) is 25.1 Å². The first-order valence-corrected chi connectivity index (χ1v) is 9.48. The molecule has 0 radical (unpaired) electrons. The number of hydrogen-bond donors (Lipinski definition) is 4. The number of rotatable bonds is 2. The van der Waals surface area contributed by atoms with Crippen LogP contribution in [0.4, 0.5) is 11.6 Å². The fourth-order valence-electron chi connectivity index (χ4n) is 4.40. The van der Waals surface area contributed by atoms with E-state index in [0.29, 0.717) is 11.3 Å². The number of aromatic amines is 2. The Labute approximate surface area is 166 Å². The first-order valence-electron chi connectivity index (χ1n) is 9.48. The molecule has 5 rings (SSSR count). The van der Waals surface area contributed by atoms with Gasteiger partial charge in [-0.15, -0.1) is 0 Å². The summed E-state index contributed by atoms with van der Waals surface area (Å²) >= 11 is 0. The highest BCUT2D eigenvalue weighted by Gasteiger charge is 2.51. The second-order valence-electron chi connectivity index (χ2n) is 7.70. The van der Waals surface area contributed by atoms with Crippen molar-refractivity contribution in [3.05, 3.63) is 57.8 Å². The molecule has 29 heavy (non-hydrogen) atoms. The van der Waals surface area contributed by atoms with Crippen molar-refractivity contribution in [2.24, 2.45) is 5.92 Å². The molecule has 4 N–H and O–H groups in total. The van der Waals surface area contributed by atoms with Crippen LogP contribution in [0.5, 0.6) is 0 Å². The molecule has 9 nitrogen and oxygen atoms in total. The molecule has 9 heteroatoms. The summed E-state index contributed by atoms with van der Waals surface area (Å²) in [5, 5.41) is 26.7. The minimum Gasteiger partial charge on any atom is -0.392 e. The smallest absolute Gasteiger partial charge is 0.267 e. The number of fused-ring (bicyclic) bond motifs is 2. The number of H-pyrrole nitrogens is 2. The van der Waals surface area contributed by atoms with Crippen LogP contribution in [0.15, 0.2) is 41.0 Å². The van der Waals surface area contributed by atoms with Crippen molar-refractivity contribution >= 4 is 22.7 Å². The average Bonchev–Trinajstić information content (AvgIpc) is 3.16. The van der Waals surface area contributed by atoms with Crippen molar-refractivity contribution in [3.63, 3.8) is 0 Å². The predicted molar refractivity (Wildman–Crippen MR) is 109 cm³/mol. The molecule has 1 aliphatic heterocycles. The zero-order valence-corrected chi connectivity index (χ0v) is 16.3. The van der Waals surface area contributed by atoms with E-state index in [1.54, 1.807) is 6.92 Å². The van der Waals surface area contributed by atoms with Gasteiger partial charge in [0.2, 0.25) is 0 Å².